The molecule has 1 N–H and O–H groups in total. The first kappa shape index (κ1) is 8.29. The van der Waals surface area contributed by atoms with Crippen molar-refractivity contribution in [2.45, 2.75) is 32.2 Å². The Morgan fingerprint density at radius 3 is 3.00 bits per heavy atom. The van der Waals surface area contributed by atoms with Gasteiger partial charge in [0, 0.05) is 17.9 Å². The molecular weight excluding hydrogens is 168 g/mol. The molecule has 4 heteroatoms. The van der Waals surface area contributed by atoms with Crippen LogP contribution >= 0.6 is 0 Å². The summed E-state index contributed by atoms with van der Waals surface area (Å²) in [5, 5.41) is 8.65. The molecule has 0 aromatic carbocycles. The van der Waals surface area contributed by atoms with E-state index in [1.165, 1.54) is 0 Å². The number of aryl methyl sites for hydroxylation is 1. The molecule has 0 unspecified atom stereocenters. The lowest BCUT2D eigenvalue weighted by atomic mass is 10.4. The Bertz CT molecular complexity index is 339. The van der Waals surface area contributed by atoms with Crippen molar-refractivity contribution in [1.29, 1.82) is 0 Å². The fourth-order valence-electron chi connectivity index (χ4n) is 1.59. The summed E-state index contributed by atoms with van der Waals surface area (Å²) in [5.74, 6) is -0.125. The number of rotatable bonds is 3. The summed E-state index contributed by atoms with van der Waals surface area (Å²) < 4.78 is 2.05. The van der Waals surface area contributed by atoms with E-state index in [0.717, 1.165) is 18.5 Å². The van der Waals surface area contributed by atoms with Gasteiger partial charge in [0.1, 0.15) is 12.2 Å². The monoisotopic (exact) mass is 180 g/mol. The van der Waals surface area contributed by atoms with Crippen molar-refractivity contribution in [3.05, 3.63) is 17.7 Å². The van der Waals surface area contributed by atoms with Gasteiger partial charge < -0.3 is 9.67 Å². The van der Waals surface area contributed by atoms with Crippen LogP contribution in [0.3, 0.4) is 0 Å². The van der Waals surface area contributed by atoms with E-state index in [1.54, 1.807) is 6.20 Å². The van der Waals surface area contributed by atoms with Crippen LogP contribution in [0.15, 0.2) is 6.20 Å². The van der Waals surface area contributed by atoms with Crippen LogP contribution in [-0.4, -0.2) is 20.6 Å². The molecule has 1 aliphatic rings. The first-order chi connectivity index (χ1) is 6.18. The van der Waals surface area contributed by atoms with Crippen molar-refractivity contribution >= 4 is 5.97 Å². The molecule has 1 aromatic heterocycles. The third-order valence-corrected chi connectivity index (χ3v) is 2.28. The van der Waals surface area contributed by atoms with E-state index in [0.29, 0.717) is 11.9 Å². The lowest BCUT2D eigenvalue weighted by Gasteiger charge is -2.05. The van der Waals surface area contributed by atoms with Gasteiger partial charge in [-0.05, 0) is 19.8 Å². The Kier molecular flexibility index (Phi) is 1.83. The van der Waals surface area contributed by atoms with Gasteiger partial charge in [-0.25, -0.2) is 4.98 Å². The van der Waals surface area contributed by atoms with E-state index in [1.807, 2.05) is 11.5 Å². The fraction of sp³-hybridized carbons (Fsp3) is 0.556. The average molecular weight is 180 g/mol. The van der Waals surface area contributed by atoms with Crippen LogP contribution in [0.1, 0.15) is 30.4 Å². The van der Waals surface area contributed by atoms with Crippen molar-refractivity contribution in [3.63, 3.8) is 0 Å². The molecule has 13 heavy (non-hydrogen) atoms. The van der Waals surface area contributed by atoms with Gasteiger partial charge in [0.2, 0.25) is 0 Å². The van der Waals surface area contributed by atoms with Crippen molar-refractivity contribution in [3.8, 4) is 0 Å². The van der Waals surface area contributed by atoms with Crippen LogP contribution in [0.2, 0.25) is 0 Å². The maximum atomic E-state index is 10.5. The van der Waals surface area contributed by atoms with Gasteiger partial charge in [0.15, 0.2) is 0 Å². The highest BCUT2D eigenvalue weighted by Crippen LogP contribution is 2.36. The number of imidazole rings is 1. The molecular formula is C9H12N2O2. The summed E-state index contributed by atoms with van der Waals surface area (Å²) >= 11 is 0. The van der Waals surface area contributed by atoms with Gasteiger partial charge in [-0.3, -0.25) is 4.79 Å². The van der Waals surface area contributed by atoms with Crippen LogP contribution in [0.25, 0.3) is 0 Å². The number of carboxylic acids is 1. The number of carbonyl (C=O) groups is 1. The Morgan fingerprint density at radius 2 is 2.46 bits per heavy atom. The number of aliphatic carboxylic acids is 1. The minimum Gasteiger partial charge on any atom is -0.481 e. The number of hydrogen-bond acceptors (Lipinski definition) is 2. The molecule has 0 radical (unpaired) electrons. The van der Waals surface area contributed by atoms with Crippen molar-refractivity contribution < 1.29 is 9.90 Å². The maximum Gasteiger partial charge on any atom is 0.311 e. The van der Waals surface area contributed by atoms with Crippen molar-refractivity contribution in [2.75, 3.05) is 0 Å². The maximum absolute atomic E-state index is 10.5. The highest BCUT2D eigenvalue weighted by Gasteiger charge is 2.27. The third kappa shape index (κ3) is 1.56. The molecule has 1 saturated carbocycles. The second kappa shape index (κ2) is 2.87. The van der Waals surface area contributed by atoms with Crippen molar-refractivity contribution in [2.24, 2.45) is 0 Å². The molecule has 1 heterocycles. The fourth-order valence-corrected chi connectivity index (χ4v) is 1.59. The summed E-state index contributed by atoms with van der Waals surface area (Å²) in [5.41, 5.74) is 1.07. The second-order valence-electron chi connectivity index (χ2n) is 3.49. The molecule has 1 aliphatic carbocycles. The van der Waals surface area contributed by atoms with Gasteiger partial charge in [0.05, 0.1) is 0 Å². The molecule has 1 aromatic rings. The molecule has 0 spiro atoms. The molecule has 2 rings (SSSR count). The largest absolute Gasteiger partial charge is 0.481 e. The first-order valence-electron chi connectivity index (χ1n) is 4.43. The highest BCUT2D eigenvalue weighted by molar-refractivity contribution is 5.69. The Morgan fingerprint density at radius 1 is 1.77 bits per heavy atom. The lowest BCUT2D eigenvalue weighted by molar-refractivity contribution is -0.136. The van der Waals surface area contributed by atoms with E-state index in [4.69, 9.17) is 5.11 Å². The third-order valence-electron chi connectivity index (χ3n) is 2.28. The number of aromatic nitrogens is 2. The summed E-state index contributed by atoms with van der Waals surface area (Å²) in [7, 11) is 0. The normalized spacial score (nSPS) is 16.1. The van der Waals surface area contributed by atoms with Gasteiger partial charge >= 0.3 is 5.97 Å². The lowest BCUT2D eigenvalue weighted by Crippen LogP contribution is -2.09. The van der Waals surface area contributed by atoms with E-state index in [2.05, 4.69) is 4.98 Å². The van der Waals surface area contributed by atoms with E-state index in [9.17, 15) is 4.79 Å². The SMILES string of the molecule is Cc1cnc(CC(=O)O)n1C1CC1. The average Bonchev–Trinajstić information content (AvgIpc) is 2.79. The van der Waals surface area contributed by atoms with Gasteiger partial charge in [-0.1, -0.05) is 0 Å². The number of carboxylic acid groups (broad SMARTS) is 1. The Balaban J connectivity index is 2.28. The van der Waals surface area contributed by atoms with Gasteiger partial charge in [-0.2, -0.15) is 0 Å². The van der Waals surface area contributed by atoms with E-state index in [-0.39, 0.29) is 6.42 Å². The highest BCUT2D eigenvalue weighted by atomic mass is 16.4. The molecule has 0 saturated heterocycles. The second-order valence-corrected chi connectivity index (χ2v) is 3.49. The smallest absolute Gasteiger partial charge is 0.311 e. The molecule has 0 bridgehead atoms. The topological polar surface area (TPSA) is 55.1 Å². The molecule has 0 atom stereocenters. The first-order valence-corrected chi connectivity index (χ1v) is 4.43. The van der Waals surface area contributed by atoms with Crippen LogP contribution in [0.5, 0.6) is 0 Å². The summed E-state index contributed by atoms with van der Waals surface area (Å²) in [4.78, 5) is 14.6. The zero-order valence-corrected chi connectivity index (χ0v) is 7.53. The predicted octanol–water partition coefficient (Wildman–Crippen LogP) is 1.15. The minimum atomic E-state index is -0.812. The van der Waals surface area contributed by atoms with E-state index >= 15 is 0 Å². The molecule has 70 valence electrons. The molecule has 0 amide bonds. The summed E-state index contributed by atoms with van der Waals surface area (Å²) in [6.45, 7) is 1.97. The number of nitrogens with zero attached hydrogens (tertiary/aromatic N) is 2. The van der Waals surface area contributed by atoms with Crippen LogP contribution in [0.4, 0.5) is 0 Å². The molecule has 4 nitrogen and oxygen atoms in total. The predicted molar refractivity (Wildman–Crippen MR) is 46.6 cm³/mol. The van der Waals surface area contributed by atoms with Crippen LogP contribution in [0, 0.1) is 6.92 Å². The Hall–Kier alpha value is -1.32. The summed E-state index contributed by atoms with van der Waals surface area (Å²) in [6, 6.07) is 0.511. The van der Waals surface area contributed by atoms with Crippen LogP contribution in [-0.2, 0) is 11.2 Å². The van der Waals surface area contributed by atoms with Gasteiger partial charge in [0.25, 0.3) is 0 Å². The van der Waals surface area contributed by atoms with Crippen LogP contribution < -0.4 is 0 Å². The summed E-state index contributed by atoms with van der Waals surface area (Å²) in [6.07, 6.45) is 4.09. The quantitative estimate of drug-likeness (QED) is 0.759. The number of hydrogen-bond donors (Lipinski definition) is 1. The standard InChI is InChI=1S/C9H12N2O2/c1-6-5-10-8(4-9(12)13)11(6)7-2-3-7/h5,7H,2-4H2,1H3,(H,12,13). The van der Waals surface area contributed by atoms with Gasteiger partial charge in [-0.15, -0.1) is 0 Å². The van der Waals surface area contributed by atoms with E-state index < -0.39 is 5.97 Å². The minimum absolute atomic E-state index is 0.0321. The molecule has 1 fully saturated rings. The zero-order valence-electron chi connectivity index (χ0n) is 7.53. The van der Waals surface area contributed by atoms with Crippen molar-refractivity contribution in [1.82, 2.24) is 9.55 Å². The Labute approximate surface area is 76.2 Å². The zero-order chi connectivity index (χ0) is 9.42. The molecule has 0 aliphatic heterocycles.